The Bertz CT molecular complexity index is 2080. The smallest absolute Gasteiger partial charge is 0.185 e. The molecule has 4 aromatic rings. The van der Waals surface area contributed by atoms with Gasteiger partial charge in [0.1, 0.15) is 34.5 Å². The van der Waals surface area contributed by atoms with Crippen molar-refractivity contribution in [2.45, 2.75) is 78.1 Å². The molecule has 0 bridgehead atoms. The van der Waals surface area contributed by atoms with Crippen molar-refractivity contribution in [1.29, 1.82) is 0 Å². The molecule has 8 nitrogen and oxygen atoms in total. The fourth-order valence-corrected chi connectivity index (χ4v) is 6.11. The van der Waals surface area contributed by atoms with Crippen molar-refractivity contribution in [2.24, 2.45) is 0 Å². The zero-order chi connectivity index (χ0) is 41.8. The molecule has 0 amide bonds. The van der Waals surface area contributed by atoms with Gasteiger partial charge in [0.2, 0.25) is 0 Å². The molecule has 0 spiro atoms. The molecule has 296 valence electrons. The number of aromatic hydroxyl groups is 4. The predicted octanol–water partition coefficient (Wildman–Crippen LogP) is 10.8. The van der Waals surface area contributed by atoms with Crippen LogP contribution in [0.3, 0.4) is 0 Å². The summed E-state index contributed by atoms with van der Waals surface area (Å²) < 4.78 is 11.2. The van der Waals surface area contributed by atoms with Gasteiger partial charge in [-0.3, -0.25) is 9.59 Å². The predicted molar refractivity (Wildman–Crippen MR) is 227 cm³/mol. The van der Waals surface area contributed by atoms with Crippen LogP contribution in [-0.2, 0) is 23.7 Å². The number of phenols is 4. The van der Waals surface area contributed by atoms with E-state index >= 15 is 0 Å². The van der Waals surface area contributed by atoms with Crippen molar-refractivity contribution in [2.75, 3.05) is 14.2 Å². The highest BCUT2D eigenvalue weighted by Crippen LogP contribution is 2.48. The Balaban J connectivity index is 0.000000303. The third kappa shape index (κ3) is 10.6. The number of hydrogen-bond acceptors (Lipinski definition) is 8. The molecule has 0 aliphatic carbocycles. The minimum atomic E-state index is -0.307. The van der Waals surface area contributed by atoms with E-state index in [0.29, 0.717) is 52.2 Å². The summed E-state index contributed by atoms with van der Waals surface area (Å²) in [5.74, 6) is 1.38. The third-order valence-electron chi connectivity index (χ3n) is 10.2. The Hall–Kier alpha value is -6.02. The zero-order valence-electron chi connectivity index (χ0n) is 33.9. The van der Waals surface area contributed by atoms with Crippen molar-refractivity contribution in [3.63, 3.8) is 0 Å². The maximum Gasteiger partial charge on any atom is 0.185 e. The molecular formula is C48H56O8. The summed E-state index contributed by atoms with van der Waals surface area (Å²) in [5, 5.41) is 40.5. The molecule has 4 rings (SSSR count). The Morgan fingerprint density at radius 3 is 1.50 bits per heavy atom. The number of phenolic OH excluding ortho intramolecular Hbond substituents is 4. The number of methoxy groups -OCH3 is 2. The number of carbonyl (C=O) groups excluding carboxylic acids is 2. The van der Waals surface area contributed by atoms with E-state index in [4.69, 9.17) is 9.47 Å². The monoisotopic (exact) mass is 760 g/mol. The van der Waals surface area contributed by atoms with Gasteiger partial charge in [-0.05, 0) is 127 Å². The van der Waals surface area contributed by atoms with Gasteiger partial charge in [0.25, 0.3) is 0 Å². The lowest BCUT2D eigenvalue weighted by molar-refractivity contribution is 0.103. The van der Waals surface area contributed by atoms with Gasteiger partial charge >= 0.3 is 0 Å². The van der Waals surface area contributed by atoms with Crippen LogP contribution in [-0.4, -0.2) is 46.2 Å². The highest BCUT2D eigenvalue weighted by molar-refractivity contribution is 6.07. The van der Waals surface area contributed by atoms with Crippen molar-refractivity contribution in [3.8, 4) is 34.5 Å². The quantitative estimate of drug-likeness (QED) is 0.0504. The molecule has 0 heterocycles. The van der Waals surface area contributed by atoms with E-state index in [9.17, 15) is 30.0 Å². The lowest BCUT2D eigenvalue weighted by Gasteiger charge is -2.32. The topological polar surface area (TPSA) is 134 Å². The van der Waals surface area contributed by atoms with Crippen LogP contribution < -0.4 is 9.47 Å². The number of allylic oxidation sites excluding steroid dienone is 4. The number of carbonyl (C=O) groups is 2. The molecule has 4 aromatic carbocycles. The second-order valence-electron chi connectivity index (χ2n) is 14.7. The first-order chi connectivity index (χ1) is 26.5. The van der Waals surface area contributed by atoms with E-state index in [0.717, 1.165) is 29.5 Å². The molecule has 0 saturated carbocycles. The molecule has 0 radical (unpaired) electrons. The molecule has 0 aromatic heterocycles. The van der Waals surface area contributed by atoms with Crippen LogP contribution in [0.4, 0.5) is 0 Å². The van der Waals surface area contributed by atoms with Gasteiger partial charge in [0.05, 0.1) is 14.2 Å². The van der Waals surface area contributed by atoms with E-state index in [1.165, 1.54) is 43.5 Å². The van der Waals surface area contributed by atoms with Crippen LogP contribution in [0.15, 0.2) is 98.1 Å². The highest BCUT2D eigenvalue weighted by atomic mass is 16.5. The van der Waals surface area contributed by atoms with Gasteiger partial charge in [-0.1, -0.05) is 53.7 Å². The SMILES string of the molecule is C=CCc1cc(/C=C/C(=O)c2ccc(O)cc2)c(OC)c(CC=C)c1O.CCC(C)(C)c1cc(/C=C/C(=O)c2ccc(O)cc2)c(OC)c(C(C)(C)CC)c1O. The first-order valence-corrected chi connectivity index (χ1v) is 18.6. The van der Waals surface area contributed by atoms with Gasteiger partial charge < -0.3 is 29.9 Å². The molecule has 0 unspecified atom stereocenters. The fraction of sp³-hybridized carbons (Fsp3) is 0.292. The molecule has 0 atom stereocenters. The first kappa shape index (κ1) is 44.4. The van der Waals surface area contributed by atoms with E-state index in [1.54, 1.807) is 61.7 Å². The van der Waals surface area contributed by atoms with E-state index in [2.05, 4.69) is 54.7 Å². The summed E-state index contributed by atoms with van der Waals surface area (Å²) in [5.41, 5.74) is 4.80. The van der Waals surface area contributed by atoms with Crippen molar-refractivity contribution in [1.82, 2.24) is 0 Å². The minimum Gasteiger partial charge on any atom is -0.508 e. The van der Waals surface area contributed by atoms with E-state index in [-0.39, 0.29) is 45.4 Å². The number of ketones is 2. The van der Waals surface area contributed by atoms with Crippen molar-refractivity contribution in [3.05, 3.63) is 143 Å². The molecule has 0 aliphatic rings. The van der Waals surface area contributed by atoms with E-state index in [1.807, 2.05) is 6.07 Å². The van der Waals surface area contributed by atoms with Gasteiger partial charge in [-0.25, -0.2) is 0 Å². The number of rotatable bonds is 16. The summed E-state index contributed by atoms with van der Waals surface area (Å²) >= 11 is 0. The van der Waals surface area contributed by atoms with Gasteiger partial charge in [-0.2, -0.15) is 0 Å². The van der Waals surface area contributed by atoms with Crippen LogP contribution in [0.25, 0.3) is 12.2 Å². The van der Waals surface area contributed by atoms with E-state index < -0.39 is 0 Å². The average molecular weight is 761 g/mol. The lowest BCUT2D eigenvalue weighted by atomic mass is 9.74. The first-order valence-electron chi connectivity index (χ1n) is 18.6. The van der Waals surface area contributed by atoms with Crippen molar-refractivity contribution >= 4 is 23.7 Å². The number of benzene rings is 4. The second kappa shape index (κ2) is 19.5. The third-order valence-corrected chi connectivity index (χ3v) is 10.2. The molecule has 0 saturated heterocycles. The number of hydrogen-bond donors (Lipinski definition) is 4. The summed E-state index contributed by atoms with van der Waals surface area (Å²) in [6.07, 6.45) is 12.4. The molecular weight excluding hydrogens is 705 g/mol. The van der Waals surface area contributed by atoms with Crippen molar-refractivity contribution < 1.29 is 39.5 Å². The molecule has 56 heavy (non-hydrogen) atoms. The Morgan fingerprint density at radius 1 is 0.643 bits per heavy atom. The second-order valence-corrected chi connectivity index (χ2v) is 14.7. The maximum atomic E-state index is 12.6. The van der Waals surface area contributed by atoms with Crippen LogP contribution in [0.1, 0.15) is 108 Å². The molecule has 4 N–H and O–H groups in total. The Kier molecular flexibility index (Phi) is 15.5. The standard InChI is InChI=1S/C26H34O4.C22H22O4/c1-8-25(3,4)20-16-18(12-15-21(28)17-10-13-19(27)14-11-17)24(30-7)22(23(20)29)26(5,6)9-2;1-4-6-16-14-17(22(26-3)19(7-5-2)21(16)25)10-13-20(24)15-8-11-18(23)12-9-15/h10-16,27,29H,8-9H2,1-7H3;4-5,8-14,23,25H,1-2,6-7H2,3H3/b15-12+;13-10+. The Labute approximate surface area is 331 Å². The average Bonchev–Trinajstić information content (AvgIpc) is 3.18. The minimum absolute atomic E-state index is 0.105. The summed E-state index contributed by atoms with van der Waals surface area (Å²) in [4.78, 5) is 24.9. The fourth-order valence-electron chi connectivity index (χ4n) is 6.11. The molecule has 0 aliphatic heterocycles. The maximum absolute atomic E-state index is 12.6. The van der Waals surface area contributed by atoms with Gasteiger partial charge in [0.15, 0.2) is 11.6 Å². The summed E-state index contributed by atoms with van der Waals surface area (Å²) in [6, 6.07) is 15.9. The summed E-state index contributed by atoms with van der Waals surface area (Å²) in [6.45, 7) is 20.0. The van der Waals surface area contributed by atoms with Crippen LogP contribution >= 0.6 is 0 Å². The summed E-state index contributed by atoms with van der Waals surface area (Å²) in [7, 11) is 3.11. The van der Waals surface area contributed by atoms with Gasteiger partial charge in [-0.15, -0.1) is 13.2 Å². The lowest BCUT2D eigenvalue weighted by Crippen LogP contribution is -2.22. The van der Waals surface area contributed by atoms with Crippen LogP contribution in [0.5, 0.6) is 34.5 Å². The normalized spacial score (nSPS) is 11.6. The highest BCUT2D eigenvalue weighted by Gasteiger charge is 2.33. The Morgan fingerprint density at radius 2 is 1.09 bits per heavy atom. The van der Waals surface area contributed by atoms with Gasteiger partial charge in [0, 0.05) is 38.9 Å². The van der Waals surface area contributed by atoms with Crippen LogP contribution in [0.2, 0.25) is 0 Å². The number of ether oxygens (including phenoxy) is 2. The molecule has 0 fully saturated rings. The van der Waals surface area contributed by atoms with Crippen LogP contribution in [0, 0.1) is 0 Å². The molecule has 8 heteroatoms. The largest absolute Gasteiger partial charge is 0.508 e. The zero-order valence-corrected chi connectivity index (χ0v) is 33.9.